The molecular weight excluding hydrogens is 322 g/mol. The molecule has 5 heteroatoms. The van der Waals surface area contributed by atoms with E-state index in [2.05, 4.69) is 54.1 Å². The van der Waals surface area contributed by atoms with Crippen LogP contribution in [0.1, 0.15) is 18.9 Å². The number of aromatic nitrogens is 1. The lowest BCUT2D eigenvalue weighted by Crippen LogP contribution is -2.33. The first-order valence-electron chi connectivity index (χ1n) is 7.81. The topological polar surface area (TPSA) is 61.1 Å². The van der Waals surface area contributed by atoms with Gasteiger partial charge in [-0.05, 0) is 31.2 Å². The van der Waals surface area contributed by atoms with Crippen LogP contribution in [0.5, 0.6) is 0 Å². The number of para-hydroxylation sites is 1. The Balaban J connectivity index is 0.000000177. The average Bonchev–Trinajstić information content (AvgIpc) is 2.56. The van der Waals surface area contributed by atoms with Gasteiger partial charge in [0.25, 0.3) is 0 Å². The van der Waals surface area contributed by atoms with Gasteiger partial charge in [-0.2, -0.15) is 4.57 Å². The molecule has 0 spiro atoms. The van der Waals surface area contributed by atoms with Gasteiger partial charge in [0.05, 0.1) is 4.90 Å². The molecule has 0 saturated heterocycles. The molecular formula is C19H21NO3S. The summed E-state index contributed by atoms with van der Waals surface area (Å²) in [5.41, 5.74) is 2.25. The number of nitrogens with zero attached hydrogens (tertiary/aromatic N) is 1. The molecule has 0 aliphatic heterocycles. The quantitative estimate of drug-likeness (QED) is 0.541. The molecule has 0 atom stereocenters. The Morgan fingerprint density at radius 3 is 2.21 bits per heavy atom. The molecule has 0 fully saturated rings. The lowest BCUT2D eigenvalue weighted by atomic mass is 10.2. The molecule has 0 radical (unpaired) electrons. The zero-order chi connectivity index (χ0) is 17.6. The van der Waals surface area contributed by atoms with E-state index >= 15 is 0 Å². The Morgan fingerprint density at radius 1 is 0.958 bits per heavy atom. The largest absolute Gasteiger partial charge is 0.744 e. The van der Waals surface area contributed by atoms with Gasteiger partial charge in [0, 0.05) is 23.9 Å². The van der Waals surface area contributed by atoms with Crippen LogP contribution >= 0.6 is 0 Å². The van der Waals surface area contributed by atoms with Crippen molar-refractivity contribution in [2.75, 3.05) is 0 Å². The van der Waals surface area contributed by atoms with Gasteiger partial charge in [-0.15, -0.1) is 0 Å². The van der Waals surface area contributed by atoms with Crippen molar-refractivity contribution >= 4 is 21.0 Å². The highest BCUT2D eigenvalue weighted by atomic mass is 32.2. The predicted octanol–water partition coefficient (Wildman–Crippen LogP) is 3.44. The standard InChI is InChI=1S/C12H14N.C7H8O3S/c1-2-9-13-10-5-7-11-6-3-4-8-12(11)13;1-6-2-4-7(5-3-6)11(8,9)10/h3-8,10H,2,9H2,1H3;2-5H,1H3,(H,8,9,10)/q+1;/p-1. The number of benzene rings is 2. The highest BCUT2D eigenvalue weighted by molar-refractivity contribution is 7.85. The number of pyridine rings is 1. The van der Waals surface area contributed by atoms with E-state index in [0.29, 0.717) is 0 Å². The number of hydrogen-bond acceptors (Lipinski definition) is 3. The van der Waals surface area contributed by atoms with Gasteiger partial charge in [-0.3, -0.25) is 0 Å². The van der Waals surface area contributed by atoms with Crippen molar-refractivity contribution in [3.8, 4) is 0 Å². The van der Waals surface area contributed by atoms with Gasteiger partial charge < -0.3 is 4.55 Å². The molecule has 0 aliphatic carbocycles. The third kappa shape index (κ3) is 4.88. The van der Waals surface area contributed by atoms with E-state index < -0.39 is 10.1 Å². The molecule has 2 aromatic carbocycles. The van der Waals surface area contributed by atoms with Gasteiger partial charge in [0.2, 0.25) is 5.52 Å². The van der Waals surface area contributed by atoms with Crippen LogP contribution in [0.2, 0.25) is 0 Å². The fourth-order valence-electron chi connectivity index (χ4n) is 2.36. The molecule has 0 bridgehead atoms. The zero-order valence-electron chi connectivity index (χ0n) is 13.8. The molecule has 126 valence electrons. The second kappa shape index (κ2) is 8.04. The van der Waals surface area contributed by atoms with Crippen molar-refractivity contribution in [3.05, 3.63) is 72.4 Å². The monoisotopic (exact) mass is 343 g/mol. The van der Waals surface area contributed by atoms with Crippen LogP contribution in [0.15, 0.2) is 71.8 Å². The second-order valence-electron chi connectivity index (χ2n) is 5.53. The maximum Gasteiger partial charge on any atom is 0.212 e. The summed E-state index contributed by atoms with van der Waals surface area (Å²) in [7, 11) is -4.27. The third-order valence-corrected chi connectivity index (χ3v) is 4.41. The normalized spacial score (nSPS) is 11.0. The summed E-state index contributed by atoms with van der Waals surface area (Å²) >= 11 is 0. The van der Waals surface area contributed by atoms with Crippen molar-refractivity contribution in [2.24, 2.45) is 0 Å². The number of fused-ring (bicyclic) bond motifs is 1. The van der Waals surface area contributed by atoms with E-state index in [9.17, 15) is 13.0 Å². The SMILES string of the molecule is CCC[n+]1cccc2ccccc21.Cc1ccc(S(=O)(=O)[O-])cc1. The molecule has 4 nitrogen and oxygen atoms in total. The summed E-state index contributed by atoms with van der Waals surface area (Å²) in [6.45, 7) is 5.12. The molecule has 3 rings (SSSR count). The summed E-state index contributed by atoms with van der Waals surface area (Å²) in [6.07, 6.45) is 3.32. The van der Waals surface area contributed by atoms with E-state index in [1.807, 2.05) is 6.92 Å². The van der Waals surface area contributed by atoms with Crippen LogP contribution in [0, 0.1) is 6.92 Å². The minimum absolute atomic E-state index is 0.178. The summed E-state index contributed by atoms with van der Waals surface area (Å²) in [5.74, 6) is 0. The number of rotatable bonds is 3. The van der Waals surface area contributed by atoms with Crippen LogP contribution in [-0.4, -0.2) is 13.0 Å². The lowest BCUT2D eigenvalue weighted by Gasteiger charge is -2.05. The van der Waals surface area contributed by atoms with Crippen LogP contribution in [0.4, 0.5) is 0 Å². The number of aryl methyl sites for hydroxylation is 2. The lowest BCUT2D eigenvalue weighted by molar-refractivity contribution is -0.671. The van der Waals surface area contributed by atoms with Gasteiger partial charge in [-0.1, -0.05) is 36.8 Å². The van der Waals surface area contributed by atoms with E-state index in [-0.39, 0.29) is 4.90 Å². The third-order valence-electron chi connectivity index (χ3n) is 3.56. The Kier molecular flexibility index (Phi) is 6.06. The Labute approximate surface area is 143 Å². The van der Waals surface area contributed by atoms with Gasteiger partial charge in [-0.25, -0.2) is 8.42 Å². The maximum atomic E-state index is 10.4. The second-order valence-corrected chi connectivity index (χ2v) is 6.91. The van der Waals surface area contributed by atoms with E-state index in [1.165, 1.54) is 29.5 Å². The molecule has 24 heavy (non-hydrogen) atoms. The average molecular weight is 343 g/mol. The molecule has 3 aromatic rings. The van der Waals surface area contributed by atoms with E-state index in [1.54, 1.807) is 12.1 Å². The van der Waals surface area contributed by atoms with Crippen molar-refractivity contribution < 1.29 is 17.5 Å². The fourth-order valence-corrected chi connectivity index (χ4v) is 2.83. The smallest absolute Gasteiger partial charge is 0.212 e. The Morgan fingerprint density at radius 2 is 1.58 bits per heavy atom. The molecule has 1 heterocycles. The summed E-state index contributed by atoms with van der Waals surface area (Å²) in [5, 5.41) is 1.32. The van der Waals surface area contributed by atoms with Crippen LogP contribution in [0.3, 0.4) is 0 Å². The van der Waals surface area contributed by atoms with Crippen molar-refractivity contribution in [1.29, 1.82) is 0 Å². The highest BCUT2D eigenvalue weighted by Crippen LogP contribution is 2.09. The molecule has 0 aliphatic rings. The van der Waals surface area contributed by atoms with Crippen molar-refractivity contribution in [2.45, 2.75) is 31.7 Å². The highest BCUT2D eigenvalue weighted by Gasteiger charge is 2.04. The minimum Gasteiger partial charge on any atom is -0.744 e. The first-order valence-corrected chi connectivity index (χ1v) is 9.22. The molecule has 0 unspecified atom stereocenters. The first kappa shape index (κ1) is 18.1. The van der Waals surface area contributed by atoms with Crippen molar-refractivity contribution in [1.82, 2.24) is 0 Å². The van der Waals surface area contributed by atoms with Crippen LogP contribution in [0.25, 0.3) is 10.9 Å². The Hall–Kier alpha value is -2.24. The molecule has 1 aromatic heterocycles. The molecule has 0 saturated carbocycles. The number of hydrogen-bond donors (Lipinski definition) is 0. The predicted molar refractivity (Wildman–Crippen MR) is 93.6 cm³/mol. The van der Waals surface area contributed by atoms with Gasteiger partial charge in [0.1, 0.15) is 16.7 Å². The maximum absolute atomic E-state index is 10.4. The van der Waals surface area contributed by atoms with E-state index in [4.69, 9.17) is 0 Å². The minimum atomic E-state index is -4.27. The van der Waals surface area contributed by atoms with Crippen LogP contribution < -0.4 is 4.57 Å². The van der Waals surface area contributed by atoms with Crippen molar-refractivity contribution in [3.63, 3.8) is 0 Å². The van der Waals surface area contributed by atoms with Crippen LogP contribution in [-0.2, 0) is 16.7 Å². The molecule has 0 amide bonds. The van der Waals surface area contributed by atoms with E-state index in [0.717, 1.165) is 12.1 Å². The van der Waals surface area contributed by atoms with Gasteiger partial charge >= 0.3 is 0 Å². The summed E-state index contributed by atoms with van der Waals surface area (Å²) < 4.78 is 33.5. The first-order chi connectivity index (χ1) is 11.4. The van der Waals surface area contributed by atoms with Gasteiger partial charge in [0.15, 0.2) is 6.20 Å². The fraction of sp³-hybridized carbons (Fsp3) is 0.211. The zero-order valence-corrected chi connectivity index (χ0v) is 14.7. The summed E-state index contributed by atoms with van der Waals surface area (Å²) in [6, 6.07) is 18.5. The Bertz CT molecular complexity index is 898. The summed E-state index contributed by atoms with van der Waals surface area (Å²) in [4.78, 5) is -0.178. The molecule has 0 N–H and O–H groups in total.